The van der Waals surface area contributed by atoms with Crippen LogP contribution in [-0.2, 0) is 14.4 Å². The van der Waals surface area contributed by atoms with Gasteiger partial charge in [-0.2, -0.15) is 0 Å². The predicted molar refractivity (Wildman–Crippen MR) is 61.1 cm³/mol. The van der Waals surface area contributed by atoms with Gasteiger partial charge in [0, 0.05) is 18.7 Å². The van der Waals surface area contributed by atoms with Crippen LogP contribution in [0.15, 0.2) is 12.2 Å². The molecule has 5 N–H and O–H groups in total. The lowest BCUT2D eigenvalue weighted by atomic mass is 10.2. The molecule has 96 valence electrons. The molecular weight excluding hydrogens is 226 g/mol. The van der Waals surface area contributed by atoms with E-state index in [0.717, 1.165) is 0 Å². The number of hydrogen-bond donors (Lipinski definition) is 4. The van der Waals surface area contributed by atoms with E-state index in [-0.39, 0.29) is 25.4 Å². The highest BCUT2D eigenvalue weighted by Gasteiger charge is 2.18. The first-order valence-corrected chi connectivity index (χ1v) is 5.02. The molecule has 0 heterocycles. The minimum Gasteiger partial charge on any atom is -0.480 e. The Balaban J connectivity index is 3.91. The Labute approximate surface area is 99.1 Å². The molecule has 0 aliphatic rings. The molecule has 0 fully saturated rings. The predicted octanol–water partition coefficient (Wildman–Crippen LogP) is -1.40. The minimum atomic E-state index is -1.16. The smallest absolute Gasteiger partial charge is 0.321 e. The topological polar surface area (TPSA) is 122 Å². The van der Waals surface area contributed by atoms with Crippen LogP contribution in [0.4, 0.5) is 0 Å². The molecule has 1 unspecified atom stereocenters. The molecule has 1 atom stereocenters. The zero-order chi connectivity index (χ0) is 13.4. The Hall–Kier alpha value is -1.89. The van der Waals surface area contributed by atoms with Gasteiger partial charge in [-0.05, 0) is 6.92 Å². The van der Waals surface area contributed by atoms with Gasteiger partial charge in [0.05, 0.1) is 6.42 Å². The summed E-state index contributed by atoms with van der Waals surface area (Å²) in [6, 6.07) is -1.03. The quantitative estimate of drug-likeness (QED) is 0.308. The zero-order valence-electron chi connectivity index (χ0n) is 9.66. The normalized spacial score (nSPS) is 11.6. The van der Waals surface area contributed by atoms with Gasteiger partial charge in [-0.15, -0.1) is 0 Å². The summed E-state index contributed by atoms with van der Waals surface area (Å²) in [5.74, 6) is -2.15. The first kappa shape index (κ1) is 15.1. The van der Waals surface area contributed by atoms with Gasteiger partial charge in [0.1, 0.15) is 6.04 Å². The third-order valence-corrected chi connectivity index (χ3v) is 1.89. The summed E-state index contributed by atoms with van der Waals surface area (Å²) in [5.41, 5.74) is 5.27. The molecule has 0 aromatic carbocycles. The van der Waals surface area contributed by atoms with Gasteiger partial charge >= 0.3 is 5.97 Å². The molecular formula is C10H17N3O4. The van der Waals surface area contributed by atoms with Gasteiger partial charge in [0.15, 0.2) is 0 Å². The molecule has 0 saturated carbocycles. The van der Waals surface area contributed by atoms with Gasteiger partial charge in [0.2, 0.25) is 11.8 Å². The molecule has 7 heteroatoms. The molecule has 0 bridgehead atoms. The Morgan fingerprint density at radius 2 is 1.94 bits per heavy atom. The maximum Gasteiger partial charge on any atom is 0.321 e. The molecule has 2 amide bonds. The van der Waals surface area contributed by atoms with E-state index in [4.69, 9.17) is 10.8 Å². The number of carbonyl (C=O) groups excluding carboxylic acids is 2. The number of hydrogen-bond acceptors (Lipinski definition) is 4. The van der Waals surface area contributed by atoms with E-state index in [1.807, 2.05) is 0 Å². The summed E-state index contributed by atoms with van der Waals surface area (Å²) in [4.78, 5) is 32.4. The van der Waals surface area contributed by atoms with Crippen LogP contribution in [0.1, 0.15) is 13.3 Å². The van der Waals surface area contributed by atoms with Gasteiger partial charge < -0.3 is 21.5 Å². The monoisotopic (exact) mass is 243 g/mol. The molecule has 0 spiro atoms. The maximum absolute atomic E-state index is 11.1. The molecule has 0 radical (unpaired) electrons. The van der Waals surface area contributed by atoms with Crippen molar-refractivity contribution in [3.8, 4) is 0 Å². The molecule has 0 aliphatic carbocycles. The van der Waals surface area contributed by atoms with E-state index >= 15 is 0 Å². The third kappa shape index (κ3) is 7.07. The average molecular weight is 243 g/mol. The number of carbonyl (C=O) groups is 3. The Morgan fingerprint density at radius 3 is 2.35 bits per heavy atom. The van der Waals surface area contributed by atoms with E-state index in [0.29, 0.717) is 5.57 Å². The Bertz CT molecular complexity index is 328. The fraction of sp³-hybridized carbons (Fsp3) is 0.500. The number of aliphatic carboxylic acids is 1. The van der Waals surface area contributed by atoms with Crippen LogP contribution in [0.2, 0.25) is 0 Å². The van der Waals surface area contributed by atoms with Gasteiger partial charge in [-0.25, -0.2) is 0 Å². The Kier molecular flexibility index (Phi) is 6.57. The molecule has 0 aliphatic heterocycles. The highest BCUT2D eigenvalue weighted by molar-refractivity contribution is 5.92. The van der Waals surface area contributed by atoms with Crippen LogP contribution >= 0.6 is 0 Å². The van der Waals surface area contributed by atoms with Gasteiger partial charge in [-0.1, -0.05) is 6.58 Å². The van der Waals surface area contributed by atoms with Crippen LogP contribution in [-0.4, -0.2) is 42.0 Å². The van der Waals surface area contributed by atoms with Crippen LogP contribution in [0, 0.1) is 0 Å². The summed E-state index contributed by atoms with van der Waals surface area (Å²) in [7, 11) is 0. The minimum absolute atomic E-state index is 0.225. The summed E-state index contributed by atoms with van der Waals surface area (Å²) < 4.78 is 0. The molecule has 17 heavy (non-hydrogen) atoms. The standard InChI is InChI=1S/C10H17N3O4/c1-6(2)9(15)13-4-3-12-7(10(16)17)5-8(11)14/h7,12H,1,3-5H2,2H3,(H2,11,14)(H,13,15)(H,16,17). The van der Waals surface area contributed by atoms with Crippen LogP contribution in [0.3, 0.4) is 0 Å². The highest BCUT2D eigenvalue weighted by atomic mass is 16.4. The first-order chi connectivity index (χ1) is 7.84. The van der Waals surface area contributed by atoms with Crippen LogP contribution in [0.25, 0.3) is 0 Å². The molecule has 0 saturated heterocycles. The lowest BCUT2D eigenvalue weighted by Crippen LogP contribution is -2.43. The first-order valence-electron chi connectivity index (χ1n) is 5.02. The second-order valence-corrected chi connectivity index (χ2v) is 3.55. The lowest BCUT2D eigenvalue weighted by molar-refractivity contribution is -0.141. The average Bonchev–Trinajstić information content (AvgIpc) is 2.21. The number of primary amides is 1. The molecule has 0 rings (SSSR count). The summed E-state index contributed by atoms with van der Waals surface area (Å²) >= 11 is 0. The zero-order valence-corrected chi connectivity index (χ0v) is 9.66. The number of carboxylic acid groups (broad SMARTS) is 1. The highest BCUT2D eigenvalue weighted by Crippen LogP contribution is 1.91. The van der Waals surface area contributed by atoms with Crippen LogP contribution < -0.4 is 16.4 Å². The van der Waals surface area contributed by atoms with Crippen molar-refractivity contribution in [2.24, 2.45) is 5.73 Å². The molecule has 0 aromatic heterocycles. The van der Waals surface area contributed by atoms with E-state index in [9.17, 15) is 14.4 Å². The van der Waals surface area contributed by atoms with E-state index < -0.39 is 17.9 Å². The summed E-state index contributed by atoms with van der Waals surface area (Å²) in [5, 5.41) is 13.9. The van der Waals surface area contributed by atoms with Gasteiger partial charge in [-0.3, -0.25) is 14.4 Å². The van der Waals surface area contributed by atoms with Crippen molar-refractivity contribution < 1.29 is 19.5 Å². The summed E-state index contributed by atoms with van der Waals surface area (Å²) in [6.07, 6.45) is -0.288. The van der Waals surface area contributed by atoms with Crippen molar-refractivity contribution in [3.05, 3.63) is 12.2 Å². The second-order valence-electron chi connectivity index (χ2n) is 3.55. The Morgan fingerprint density at radius 1 is 1.35 bits per heavy atom. The van der Waals surface area contributed by atoms with Crippen LogP contribution in [0.5, 0.6) is 0 Å². The van der Waals surface area contributed by atoms with E-state index in [1.54, 1.807) is 6.92 Å². The fourth-order valence-electron chi connectivity index (χ4n) is 1.02. The number of carboxylic acids is 1. The largest absolute Gasteiger partial charge is 0.480 e. The molecule has 7 nitrogen and oxygen atoms in total. The van der Waals surface area contributed by atoms with Gasteiger partial charge in [0.25, 0.3) is 0 Å². The number of nitrogens with one attached hydrogen (secondary N) is 2. The van der Waals surface area contributed by atoms with Crippen molar-refractivity contribution in [1.82, 2.24) is 10.6 Å². The van der Waals surface area contributed by atoms with Crippen molar-refractivity contribution in [2.45, 2.75) is 19.4 Å². The SMILES string of the molecule is C=C(C)C(=O)NCCNC(CC(N)=O)C(=O)O. The number of amides is 2. The lowest BCUT2D eigenvalue weighted by Gasteiger charge is -2.12. The van der Waals surface area contributed by atoms with Crippen molar-refractivity contribution in [2.75, 3.05) is 13.1 Å². The third-order valence-electron chi connectivity index (χ3n) is 1.89. The van der Waals surface area contributed by atoms with Crippen molar-refractivity contribution in [3.63, 3.8) is 0 Å². The van der Waals surface area contributed by atoms with Crippen molar-refractivity contribution in [1.29, 1.82) is 0 Å². The maximum atomic E-state index is 11.1. The molecule has 0 aromatic rings. The number of rotatable bonds is 8. The second kappa shape index (κ2) is 7.39. The van der Waals surface area contributed by atoms with E-state index in [2.05, 4.69) is 17.2 Å². The number of nitrogens with two attached hydrogens (primary N) is 1. The fourth-order valence-corrected chi connectivity index (χ4v) is 1.02. The van der Waals surface area contributed by atoms with Crippen molar-refractivity contribution >= 4 is 17.8 Å². The van der Waals surface area contributed by atoms with E-state index in [1.165, 1.54) is 0 Å². The summed E-state index contributed by atoms with van der Waals surface area (Å²) in [6.45, 7) is 5.48.